The molecule has 1 saturated heterocycles. The quantitative estimate of drug-likeness (QED) is 0.720. The Kier molecular flexibility index (Phi) is 4.12. The Morgan fingerprint density at radius 3 is 2.81 bits per heavy atom. The monoisotopic (exact) mass is 349 g/mol. The van der Waals surface area contributed by atoms with Gasteiger partial charge in [0.15, 0.2) is 0 Å². The fourth-order valence-corrected chi connectivity index (χ4v) is 2.91. The van der Waals surface area contributed by atoms with Gasteiger partial charge in [-0.15, -0.1) is 0 Å². The van der Waals surface area contributed by atoms with E-state index in [1.54, 1.807) is 17.3 Å². The average Bonchev–Trinajstić information content (AvgIpc) is 3.11. The van der Waals surface area contributed by atoms with Crippen molar-refractivity contribution >= 4 is 11.6 Å². The summed E-state index contributed by atoms with van der Waals surface area (Å²) in [5.74, 6) is 1.19. The van der Waals surface area contributed by atoms with Crippen LogP contribution in [0.3, 0.4) is 0 Å². The molecule has 2 aromatic heterocycles. The van der Waals surface area contributed by atoms with E-state index < -0.39 is 0 Å². The molecule has 1 fully saturated rings. The number of benzene rings is 1. The summed E-state index contributed by atoms with van der Waals surface area (Å²) < 4.78 is 5.37. The van der Waals surface area contributed by atoms with Crippen LogP contribution in [0.15, 0.2) is 53.3 Å². The van der Waals surface area contributed by atoms with Crippen molar-refractivity contribution in [2.45, 2.75) is 5.92 Å². The van der Waals surface area contributed by atoms with Crippen LogP contribution >= 0.6 is 0 Å². The van der Waals surface area contributed by atoms with E-state index in [1.165, 1.54) is 0 Å². The molecule has 1 amide bonds. The van der Waals surface area contributed by atoms with E-state index >= 15 is 0 Å². The van der Waals surface area contributed by atoms with Gasteiger partial charge in [-0.05, 0) is 30.3 Å². The van der Waals surface area contributed by atoms with Gasteiger partial charge in [0.1, 0.15) is 0 Å². The van der Waals surface area contributed by atoms with Crippen molar-refractivity contribution in [2.24, 2.45) is 0 Å². The Balaban J connectivity index is 1.42. The molecule has 4 rings (SSSR count). The van der Waals surface area contributed by atoms with Crippen LogP contribution in [0.1, 0.15) is 22.2 Å². The second kappa shape index (κ2) is 6.59. The van der Waals surface area contributed by atoms with Gasteiger partial charge in [0.2, 0.25) is 11.7 Å². The lowest BCUT2D eigenvalue weighted by atomic mass is 9.98. The summed E-state index contributed by atoms with van der Waals surface area (Å²) in [4.78, 5) is 24.9. The number of anilines is 1. The highest BCUT2D eigenvalue weighted by molar-refractivity contribution is 5.95. The molecule has 7 nitrogen and oxygen atoms in total. The van der Waals surface area contributed by atoms with Crippen LogP contribution in [0.2, 0.25) is 0 Å². The second-order valence-electron chi connectivity index (χ2n) is 6.55. The highest BCUT2D eigenvalue weighted by atomic mass is 16.5. The number of aromatic nitrogens is 3. The zero-order valence-electron chi connectivity index (χ0n) is 14.7. The SMILES string of the molecule is CN(C)c1cccc(C(=O)N2CC(c3nc(-c4cccnc4)no3)C2)c1. The number of hydrogen-bond acceptors (Lipinski definition) is 6. The molecule has 1 aliphatic rings. The largest absolute Gasteiger partial charge is 0.378 e. The van der Waals surface area contributed by atoms with E-state index in [1.807, 2.05) is 55.4 Å². The van der Waals surface area contributed by atoms with Crippen LogP contribution in [0.25, 0.3) is 11.4 Å². The molecular weight excluding hydrogens is 330 g/mol. The molecule has 0 unspecified atom stereocenters. The summed E-state index contributed by atoms with van der Waals surface area (Å²) >= 11 is 0. The molecule has 0 aliphatic carbocycles. The molecule has 3 aromatic rings. The first-order valence-electron chi connectivity index (χ1n) is 8.42. The fraction of sp³-hybridized carbons (Fsp3) is 0.263. The maximum Gasteiger partial charge on any atom is 0.253 e. The fourth-order valence-electron chi connectivity index (χ4n) is 2.91. The van der Waals surface area contributed by atoms with Crippen LogP contribution in [0.5, 0.6) is 0 Å². The number of nitrogens with zero attached hydrogens (tertiary/aromatic N) is 5. The smallest absolute Gasteiger partial charge is 0.253 e. The number of rotatable bonds is 4. The summed E-state index contributed by atoms with van der Waals surface area (Å²) in [6.45, 7) is 1.17. The summed E-state index contributed by atoms with van der Waals surface area (Å²) in [6, 6.07) is 11.3. The van der Waals surface area contributed by atoms with Crippen LogP contribution in [0, 0.1) is 0 Å². The Labute approximate surface area is 151 Å². The number of carbonyl (C=O) groups is 1. The number of carbonyl (C=O) groups excluding carboxylic acids is 1. The first kappa shape index (κ1) is 16.3. The molecule has 0 saturated carbocycles. The van der Waals surface area contributed by atoms with E-state index in [2.05, 4.69) is 15.1 Å². The van der Waals surface area contributed by atoms with Crippen LogP contribution in [-0.4, -0.2) is 53.1 Å². The van der Waals surface area contributed by atoms with Gasteiger partial charge < -0.3 is 14.3 Å². The highest BCUT2D eigenvalue weighted by Crippen LogP contribution is 2.29. The van der Waals surface area contributed by atoms with Crippen LogP contribution < -0.4 is 4.90 Å². The van der Waals surface area contributed by atoms with Crippen molar-refractivity contribution in [2.75, 3.05) is 32.1 Å². The zero-order chi connectivity index (χ0) is 18.1. The summed E-state index contributed by atoms with van der Waals surface area (Å²) in [6.07, 6.45) is 3.40. The van der Waals surface area contributed by atoms with Gasteiger partial charge in [0.05, 0.1) is 5.92 Å². The van der Waals surface area contributed by atoms with Crippen molar-refractivity contribution in [3.63, 3.8) is 0 Å². The first-order chi connectivity index (χ1) is 12.6. The van der Waals surface area contributed by atoms with E-state index in [-0.39, 0.29) is 11.8 Å². The maximum atomic E-state index is 12.6. The normalized spacial score (nSPS) is 14.2. The van der Waals surface area contributed by atoms with Crippen molar-refractivity contribution in [1.82, 2.24) is 20.0 Å². The van der Waals surface area contributed by atoms with E-state index in [9.17, 15) is 4.79 Å². The third-order valence-electron chi connectivity index (χ3n) is 4.49. The first-order valence-corrected chi connectivity index (χ1v) is 8.42. The van der Waals surface area contributed by atoms with Gasteiger partial charge in [-0.1, -0.05) is 11.2 Å². The standard InChI is InChI=1S/C19H19N5O2/c1-23(2)16-7-3-5-13(9-16)19(25)24-11-15(12-24)18-21-17(22-26-18)14-6-4-8-20-10-14/h3-10,15H,11-12H2,1-2H3. The Bertz CT molecular complexity index is 916. The number of hydrogen-bond donors (Lipinski definition) is 0. The molecule has 0 bridgehead atoms. The number of amides is 1. The van der Waals surface area contributed by atoms with E-state index in [0.717, 1.165) is 11.3 Å². The average molecular weight is 349 g/mol. The molecule has 26 heavy (non-hydrogen) atoms. The topological polar surface area (TPSA) is 75.4 Å². The maximum absolute atomic E-state index is 12.6. The van der Waals surface area contributed by atoms with E-state index in [0.29, 0.717) is 30.4 Å². The molecule has 0 N–H and O–H groups in total. The number of pyridine rings is 1. The van der Waals surface area contributed by atoms with Gasteiger partial charge in [-0.25, -0.2) is 0 Å². The van der Waals surface area contributed by atoms with Crippen molar-refractivity contribution in [3.05, 3.63) is 60.2 Å². The molecule has 1 aliphatic heterocycles. The molecule has 0 atom stereocenters. The lowest BCUT2D eigenvalue weighted by Gasteiger charge is -2.37. The van der Waals surface area contributed by atoms with Crippen LogP contribution in [0.4, 0.5) is 5.69 Å². The lowest BCUT2D eigenvalue weighted by Crippen LogP contribution is -2.48. The van der Waals surface area contributed by atoms with Crippen molar-refractivity contribution in [1.29, 1.82) is 0 Å². The van der Waals surface area contributed by atoms with Crippen LogP contribution in [-0.2, 0) is 0 Å². The van der Waals surface area contributed by atoms with Gasteiger partial charge in [0.25, 0.3) is 5.91 Å². The minimum absolute atomic E-state index is 0.0250. The zero-order valence-corrected chi connectivity index (χ0v) is 14.7. The van der Waals surface area contributed by atoms with Gasteiger partial charge >= 0.3 is 0 Å². The van der Waals surface area contributed by atoms with Gasteiger partial charge in [-0.2, -0.15) is 4.98 Å². The molecular formula is C19H19N5O2. The Morgan fingerprint density at radius 1 is 1.23 bits per heavy atom. The predicted octanol–water partition coefficient (Wildman–Crippen LogP) is 2.44. The highest BCUT2D eigenvalue weighted by Gasteiger charge is 2.36. The Morgan fingerprint density at radius 2 is 2.08 bits per heavy atom. The third-order valence-corrected chi connectivity index (χ3v) is 4.49. The minimum atomic E-state index is 0.0250. The summed E-state index contributed by atoms with van der Waals surface area (Å²) in [5.41, 5.74) is 2.51. The van der Waals surface area contributed by atoms with Crippen molar-refractivity contribution in [3.8, 4) is 11.4 Å². The van der Waals surface area contributed by atoms with Gasteiger partial charge in [0, 0.05) is 56.4 Å². The second-order valence-corrected chi connectivity index (χ2v) is 6.55. The molecule has 1 aromatic carbocycles. The Hall–Kier alpha value is -3.22. The van der Waals surface area contributed by atoms with E-state index in [4.69, 9.17) is 4.52 Å². The molecule has 7 heteroatoms. The minimum Gasteiger partial charge on any atom is -0.378 e. The predicted molar refractivity (Wildman–Crippen MR) is 96.9 cm³/mol. The molecule has 3 heterocycles. The lowest BCUT2D eigenvalue weighted by molar-refractivity contribution is 0.0569. The summed E-state index contributed by atoms with van der Waals surface area (Å²) in [7, 11) is 3.91. The van der Waals surface area contributed by atoms with Gasteiger partial charge in [-0.3, -0.25) is 9.78 Å². The molecule has 0 spiro atoms. The summed E-state index contributed by atoms with van der Waals surface area (Å²) in [5, 5.41) is 4.01. The van der Waals surface area contributed by atoms with Crippen molar-refractivity contribution < 1.29 is 9.32 Å². The molecule has 132 valence electrons. The third kappa shape index (κ3) is 3.03. The molecule has 0 radical (unpaired) electrons. The number of likely N-dealkylation sites (tertiary alicyclic amines) is 1.